The number of esters is 2. The Morgan fingerprint density at radius 3 is 1.90 bits per heavy atom. The number of allylic oxidation sites excluding steroid dienone is 1. The van der Waals surface area contributed by atoms with Crippen LogP contribution in [0.25, 0.3) is 49.2 Å². The summed E-state index contributed by atoms with van der Waals surface area (Å²) < 4.78 is 38.4. The van der Waals surface area contributed by atoms with Crippen molar-refractivity contribution in [2.75, 3.05) is 79.5 Å². The van der Waals surface area contributed by atoms with Gasteiger partial charge in [-0.1, -0.05) is 24.5 Å². The lowest BCUT2D eigenvalue weighted by atomic mass is 9.78. The zero-order valence-corrected chi connectivity index (χ0v) is 39.4. The normalized spacial score (nSPS) is 20.2. The number of carbonyl (C=O) groups is 3. The fourth-order valence-corrected chi connectivity index (χ4v) is 11.4. The summed E-state index contributed by atoms with van der Waals surface area (Å²) in [6, 6.07) is 2.46. The van der Waals surface area contributed by atoms with Gasteiger partial charge in [0.2, 0.25) is 0 Å². The molecule has 0 amide bonds. The minimum Gasteiger partial charge on any atom is -0.504 e. The number of nitrogens with one attached hydrogen (secondary N) is 1. The molecule has 68 heavy (non-hydrogen) atoms. The standard InChI is InChI=1S/C52H61NO15/c1-26-20-33-34(21-28-8-6-9-31(28)51(60)67-18-16-65-14-12-62-3)48(58)42-36(53-35-11-7-10-32(35)52(61)68-19-17-66-15-13-63-4)22-29(24-54)39-40-30(25-55)23-37(57)43-45(40)46(41(33)44(39)42)47(38(26)27(2)56)50(64-5)49(43)59/h20,22-23,28,31-32,35,38,53-55,59H,6-19,21,24-25H2,1-5H3. The van der Waals surface area contributed by atoms with Crippen LogP contribution in [0.1, 0.15) is 86.1 Å². The van der Waals surface area contributed by atoms with Crippen molar-refractivity contribution in [1.29, 1.82) is 0 Å². The summed E-state index contributed by atoms with van der Waals surface area (Å²) in [6.45, 7) is 4.10. The van der Waals surface area contributed by atoms with Gasteiger partial charge in [-0.2, -0.15) is 0 Å². The molecular formula is C52H61NO15. The molecule has 0 bridgehead atoms. The van der Waals surface area contributed by atoms with E-state index >= 15 is 4.79 Å². The second-order valence-electron chi connectivity index (χ2n) is 18.2. The molecule has 5 aromatic carbocycles. The van der Waals surface area contributed by atoms with Crippen molar-refractivity contribution < 1.29 is 62.9 Å². The van der Waals surface area contributed by atoms with E-state index in [1.165, 1.54) is 20.1 Å². The van der Waals surface area contributed by atoms with Crippen molar-refractivity contribution in [2.24, 2.45) is 17.8 Å². The van der Waals surface area contributed by atoms with Crippen LogP contribution in [0.3, 0.4) is 0 Å². The Hall–Kier alpha value is -5.49. The van der Waals surface area contributed by atoms with Crippen LogP contribution in [0, 0.1) is 17.8 Å². The zero-order chi connectivity index (χ0) is 48.4. The highest BCUT2D eigenvalue weighted by atomic mass is 16.6. The number of fused-ring (bicyclic) bond motifs is 1. The van der Waals surface area contributed by atoms with Crippen LogP contribution in [0.5, 0.6) is 11.5 Å². The smallest absolute Gasteiger partial charge is 0.311 e. The van der Waals surface area contributed by atoms with E-state index in [1.54, 1.807) is 27.2 Å². The summed E-state index contributed by atoms with van der Waals surface area (Å²) in [7, 11) is 4.50. The van der Waals surface area contributed by atoms with E-state index in [0.717, 1.165) is 6.42 Å². The van der Waals surface area contributed by atoms with Gasteiger partial charge in [-0.05, 0) is 102 Å². The van der Waals surface area contributed by atoms with E-state index in [4.69, 9.17) is 33.2 Å². The van der Waals surface area contributed by atoms with Crippen molar-refractivity contribution in [1.82, 2.24) is 0 Å². The minimum absolute atomic E-state index is 0.0505. The Labute approximate surface area is 393 Å². The second-order valence-corrected chi connectivity index (χ2v) is 18.2. The van der Waals surface area contributed by atoms with Crippen molar-refractivity contribution in [3.05, 3.63) is 66.0 Å². The van der Waals surface area contributed by atoms with Gasteiger partial charge in [0.25, 0.3) is 0 Å². The Morgan fingerprint density at radius 1 is 0.691 bits per heavy atom. The number of ketones is 1. The Balaban J connectivity index is 1.39. The van der Waals surface area contributed by atoms with Crippen LogP contribution in [-0.2, 0) is 62.4 Å². The maximum Gasteiger partial charge on any atom is 0.311 e. The van der Waals surface area contributed by atoms with Crippen LogP contribution < -0.4 is 20.9 Å². The first-order valence-corrected chi connectivity index (χ1v) is 23.5. The highest BCUT2D eigenvalue weighted by Crippen LogP contribution is 2.56. The lowest BCUT2D eigenvalue weighted by molar-refractivity contribution is -0.151. The van der Waals surface area contributed by atoms with E-state index in [0.29, 0.717) is 119 Å². The number of rotatable bonds is 22. The number of hydrogen-bond acceptors (Lipinski definition) is 16. The lowest BCUT2D eigenvalue weighted by Gasteiger charge is -2.27. The molecule has 3 aliphatic carbocycles. The number of methoxy groups -OCH3 is 3. The van der Waals surface area contributed by atoms with Crippen LogP contribution in [-0.4, -0.2) is 113 Å². The van der Waals surface area contributed by atoms with Crippen LogP contribution in [0.4, 0.5) is 5.69 Å². The number of benzene rings is 5. The van der Waals surface area contributed by atoms with Gasteiger partial charge in [-0.15, -0.1) is 0 Å². The van der Waals surface area contributed by atoms with E-state index in [9.17, 15) is 34.5 Å². The molecule has 5 atom stereocenters. The Bertz CT molecular complexity index is 2870. The molecule has 5 aromatic rings. The quantitative estimate of drug-likeness (QED) is 0.0286. The molecule has 8 rings (SSSR count). The summed E-state index contributed by atoms with van der Waals surface area (Å²) in [5, 5.41) is 40.4. The average molecular weight is 940 g/mol. The third-order valence-electron chi connectivity index (χ3n) is 14.3. The Morgan fingerprint density at radius 2 is 1.28 bits per heavy atom. The molecule has 0 spiro atoms. The molecule has 2 fully saturated rings. The van der Waals surface area contributed by atoms with Gasteiger partial charge in [-0.25, -0.2) is 0 Å². The van der Waals surface area contributed by atoms with Gasteiger partial charge >= 0.3 is 11.9 Å². The van der Waals surface area contributed by atoms with E-state index in [1.807, 2.05) is 6.08 Å². The van der Waals surface area contributed by atoms with Crippen molar-refractivity contribution in [2.45, 2.75) is 84.0 Å². The van der Waals surface area contributed by atoms with Crippen LogP contribution in [0.15, 0.2) is 27.3 Å². The van der Waals surface area contributed by atoms with Crippen molar-refractivity contribution in [3.8, 4) is 11.5 Å². The highest BCUT2D eigenvalue weighted by molar-refractivity contribution is 6.39. The Kier molecular flexibility index (Phi) is 15.1. The number of aromatic hydroxyl groups is 1. The molecule has 16 nitrogen and oxygen atoms in total. The minimum atomic E-state index is -1.00. The van der Waals surface area contributed by atoms with Crippen molar-refractivity contribution >= 4 is 72.6 Å². The summed E-state index contributed by atoms with van der Waals surface area (Å²) in [6.07, 6.45) is 5.68. The number of aliphatic hydroxyl groups is 2. The summed E-state index contributed by atoms with van der Waals surface area (Å²) >= 11 is 0. The van der Waals surface area contributed by atoms with Gasteiger partial charge < -0.3 is 53.8 Å². The summed E-state index contributed by atoms with van der Waals surface area (Å²) in [5.41, 5.74) is 1.66. The predicted octanol–water partition coefficient (Wildman–Crippen LogP) is 5.64. The first-order chi connectivity index (χ1) is 32.9. The van der Waals surface area contributed by atoms with Gasteiger partial charge in [-0.3, -0.25) is 24.0 Å². The highest BCUT2D eigenvalue weighted by Gasteiger charge is 2.40. The van der Waals surface area contributed by atoms with E-state index in [-0.39, 0.29) is 83.4 Å². The van der Waals surface area contributed by atoms with E-state index < -0.39 is 54.2 Å². The molecule has 0 radical (unpaired) electrons. The fourth-order valence-electron chi connectivity index (χ4n) is 11.4. The molecule has 0 saturated heterocycles. The number of ether oxygens (including phenoxy) is 7. The van der Waals surface area contributed by atoms with Gasteiger partial charge in [0, 0.05) is 47.8 Å². The van der Waals surface area contributed by atoms with Gasteiger partial charge in [0.1, 0.15) is 19.0 Å². The molecule has 16 heteroatoms. The molecular weight excluding hydrogens is 879 g/mol. The number of carbonyl (C=O) groups excluding carboxylic acids is 3. The number of aliphatic hydroxyl groups excluding tert-OH is 2. The molecule has 5 unspecified atom stereocenters. The molecule has 0 aromatic heterocycles. The van der Waals surface area contributed by atoms with Crippen molar-refractivity contribution in [3.63, 3.8) is 0 Å². The zero-order valence-electron chi connectivity index (χ0n) is 39.4. The first-order valence-electron chi connectivity index (χ1n) is 23.5. The number of Topliss-reactive ketones (excluding diaryl/α,β-unsaturated/α-hetero) is 1. The molecule has 364 valence electrons. The maximum atomic E-state index is 15.9. The number of phenolic OH excluding ortho intramolecular Hbond substituents is 1. The maximum absolute atomic E-state index is 15.9. The topological polar surface area (TPSA) is 223 Å². The predicted molar refractivity (Wildman–Crippen MR) is 255 cm³/mol. The second kappa shape index (κ2) is 21.0. The van der Waals surface area contributed by atoms with Crippen LogP contribution >= 0.6 is 0 Å². The van der Waals surface area contributed by atoms with Gasteiger partial charge in [0.05, 0.1) is 88.5 Å². The average Bonchev–Trinajstić information content (AvgIpc) is 3.97. The third kappa shape index (κ3) is 8.75. The lowest BCUT2D eigenvalue weighted by Crippen LogP contribution is -2.32. The molecule has 0 aliphatic heterocycles. The SMILES string of the molecule is COCCOCCOC(=O)C1CCCC1Cc1c2c3c4c(c(OC)c(O)c5c(=O)cc(CO)c(c6c(CO)cc(NC7CCCC7C(=O)OCCOCCOC)c(c1=O)c63)c54)C(C(C)=O)C(C)=C2. The number of anilines is 1. The molecule has 2 saturated carbocycles. The summed E-state index contributed by atoms with van der Waals surface area (Å²) in [4.78, 5) is 71.6. The molecule has 3 aliphatic rings. The number of hydrogen-bond donors (Lipinski definition) is 4. The molecule has 4 N–H and O–H groups in total. The van der Waals surface area contributed by atoms with Crippen LogP contribution in [0.2, 0.25) is 0 Å². The van der Waals surface area contributed by atoms with E-state index in [2.05, 4.69) is 5.32 Å². The monoisotopic (exact) mass is 939 g/mol. The van der Waals surface area contributed by atoms with Gasteiger partial charge in [0.15, 0.2) is 22.4 Å². The first kappa shape index (κ1) is 48.9. The largest absolute Gasteiger partial charge is 0.504 e. The fraction of sp³-hybridized carbons (Fsp3) is 0.519. The number of phenols is 1. The third-order valence-corrected chi connectivity index (χ3v) is 14.3. The summed E-state index contributed by atoms with van der Waals surface area (Å²) in [5.74, 6) is -4.05. The molecule has 0 heterocycles.